The Morgan fingerprint density at radius 1 is 0.906 bits per heavy atom. The van der Waals surface area contributed by atoms with Gasteiger partial charge in [-0.1, -0.05) is 23.7 Å². The Kier molecular flexibility index (Phi) is 5.13. The molecule has 0 bridgehead atoms. The quantitative estimate of drug-likeness (QED) is 0.503. The van der Waals surface area contributed by atoms with E-state index < -0.39 is 11.9 Å². The number of anilines is 1. The summed E-state index contributed by atoms with van der Waals surface area (Å²) in [6, 6.07) is 13.8. The van der Waals surface area contributed by atoms with Crippen LogP contribution in [0.2, 0.25) is 5.02 Å². The topological polar surface area (TPSA) is 53.9 Å². The van der Waals surface area contributed by atoms with Gasteiger partial charge in [-0.3, -0.25) is 0 Å². The summed E-state index contributed by atoms with van der Waals surface area (Å²) in [4.78, 5) is 16.4. The summed E-state index contributed by atoms with van der Waals surface area (Å²) in [6.07, 6.45) is -3.37. The maximum absolute atomic E-state index is 13.0. The number of para-hydroxylation sites is 1. The number of hydrogen-bond acceptors (Lipinski definition) is 6. The molecule has 1 fully saturated rings. The van der Waals surface area contributed by atoms with Crippen molar-refractivity contribution in [2.75, 3.05) is 31.1 Å². The van der Waals surface area contributed by atoms with Crippen LogP contribution < -0.4 is 9.64 Å². The second-order valence-corrected chi connectivity index (χ2v) is 7.80. The van der Waals surface area contributed by atoms with E-state index in [2.05, 4.69) is 14.9 Å². The fourth-order valence-corrected chi connectivity index (χ4v) is 3.88. The SMILES string of the molecule is FC(F)(F)c1ccnc(N2CCN(C3=Nc4cc(Cl)ccc4Oc4ccccc43)CC2)n1. The number of nitrogens with zero attached hydrogens (tertiary/aromatic N) is 5. The lowest BCUT2D eigenvalue weighted by molar-refractivity contribution is -0.141. The van der Waals surface area contributed by atoms with Gasteiger partial charge >= 0.3 is 6.18 Å². The standard InChI is InChI=1S/C22H17ClF3N5O/c23-14-5-6-18-16(13-14)28-20(15-3-1-2-4-17(15)32-18)30-9-11-31(12-10-30)21-27-8-7-19(29-21)22(24,25)26/h1-8,13H,9-12H2. The average molecular weight is 460 g/mol. The maximum atomic E-state index is 13.0. The van der Waals surface area contributed by atoms with Crippen molar-refractivity contribution in [1.29, 1.82) is 0 Å². The first-order chi connectivity index (χ1) is 15.4. The van der Waals surface area contributed by atoms with E-state index in [9.17, 15) is 13.2 Å². The van der Waals surface area contributed by atoms with Crippen LogP contribution in [0.4, 0.5) is 24.8 Å². The minimum absolute atomic E-state index is 0.0724. The smallest absolute Gasteiger partial charge is 0.433 e. The molecular weight excluding hydrogens is 443 g/mol. The monoisotopic (exact) mass is 459 g/mol. The van der Waals surface area contributed by atoms with Gasteiger partial charge in [-0.25, -0.2) is 15.0 Å². The van der Waals surface area contributed by atoms with Crippen molar-refractivity contribution < 1.29 is 17.9 Å². The molecule has 5 rings (SSSR count). The van der Waals surface area contributed by atoms with Gasteiger partial charge in [-0.05, 0) is 36.4 Å². The molecule has 2 aliphatic heterocycles. The van der Waals surface area contributed by atoms with Crippen LogP contribution >= 0.6 is 11.6 Å². The molecule has 0 saturated carbocycles. The zero-order valence-electron chi connectivity index (χ0n) is 16.7. The van der Waals surface area contributed by atoms with Gasteiger partial charge < -0.3 is 14.5 Å². The van der Waals surface area contributed by atoms with Crippen molar-refractivity contribution in [3.05, 3.63) is 71.0 Å². The minimum Gasteiger partial charge on any atom is -0.454 e. The molecule has 0 radical (unpaired) electrons. The molecule has 3 aromatic rings. The molecule has 10 heteroatoms. The van der Waals surface area contributed by atoms with E-state index in [1.807, 2.05) is 24.3 Å². The highest BCUT2D eigenvalue weighted by Crippen LogP contribution is 2.39. The first-order valence-electron chi connectivity index (χ1n) is 9.94. The number of aromatic nitrogens is 2. The molecule has 0 amide bonds. The third-order valence-corrected chi connectivity index (χ3v) is 5.53. The van der Waals surface area contributed by atoms with Crippen LogP contribution in [0.5, 0.6) is 11.5 Å². The van der Waals surface area contributed by atoms with Crippen LogP contribution in [0, 0.1) is 0 Å². The first-order valence-corrected chi connectivity index (χ1v) is 10.3. The lowest BCUT2D eigenvalue weighted by Crippen LogP contribution is -2.49. The Balaban J connectivity index is 1.42. The molecule has 1 saturated heterocycles. The molecule has 2 aromatic carbocycles. The fraction of sp³-hybridized carbons (Fsp3) is 0.227. The Bertz CT molecular complexity index is 1190. The number of piperazine rings is 1. The number of hydrogen-bond donors (Lipinski definition) is 0. The molecule has 0 aliphatic carbocycles. The predicted molar refractivity (Wildman–Crippen MR) is 115 cm³/mol. The number of ether oxygens (including phenoxy) is 1. The molecule has 2 aliphatic rings. The van der Waals surface area contributed by atoms with Crippen molar-refractivity contribution in [2.45, 2.75) is 6.18 Å². The first kappa shape index (κ1) is 20.6. The van der Waals surface area contributed by atoms with Crippen molar-refractivity contribution in [2.24, 2.45) is 4.99 Å². The average Bonchev–Trinajstić information content (AvgIpc) is 2.95. The molecule has 164 valence electrons. The third-order valence-electron chi connectivity index (χ3n) is 5.29. The van der Waals surface area contributed by atoms with Gasteiger partial charge in [-0.2, -0.15) is 13.2 Å². The number of amidine groups is 1. The second-order valence-electron chi connectivity index (χ2n) is 7.36. The van der Waals surface area contributed by atoms with Crippen LogP contribution in [0.3, 0.4) is 0 Å². The third kappa shape index (κ3) is 3.95. The number of benzene rings is 2. The minimum atomic E-state index is -4.51. The molecule has 6 nitrogen and oxygen atoms in total. The lowest BCUT2D eigenvalue weighted by atomic mass is 10.1. The van der Waals surface area contributed by atoms with E-state index >= 15 is 0 Å². The summed E-state index contributed by atoms with van der Waals surface area (Å²) < 4.78 is 45.1. The van der Waals surface area contributed by atoms with Crippen LogP contribution in [0.1, 0.15) is 11.3 Å². The maximum Gasteiger partial charge on any atom is 0.433 e. The van der Waals surface area contributed by atoms with Crippen molar-refractivity contribution in [1.82, 2.24) is 14.9 Å². The molecule has 0 atom stereocenters. The highest BCUT2D eigenvalue weighted by molar-refractivity contribution is 6.31. The normalized spacial score (nSPS) is 15.9. The van der Waals surface area contributed by atoms with E-state index in [-0.39, 0.29) is 5.95 Å². The summed E-state index contributed by atoms with van der Waals surface area (Å²) in [7, 11) is 0. The molecule has 0 N–H and O–H groups in total. The van der Waals surface area contributed by atoms with Crippen molar-refractivity contribution in [3.8, 4) is 11.5 Å². The van der Waals surface area contributed by atoms with E-state index in [1.165, 1.54) is 0 Å². The number of fused-ring (bicyclic) bond motifs is 2. The highest BCUT2D eigenvalue weighted by atomic mass is 35.5. The lowest BCUT2D eigenvalue weighted by Gasteiger charge is -2.36. The summed E-state index contributed by atoms with van der Waals surface area (Å²) in [5.74, 6) is 2.08. The van der Waals surface area contributed by atoms with Crippen molar-refractivity contribution in [3.63, 3.8) is 0 Å². The zero-order chi connectivity index (χ0) is 22.3. The second kappa shape index (κ2) is 7.98. The molecular formula is C22H17ClF3N5O. The van der Waals surface area contributed by atoms with Gasteiger partial charge in [0.1, 0.15) is 23.0 Å². The summed E-state index contributed by atoms with van der Waals surface area (Å²) in [5.41, 5.74) is 0.508. The number of rotatable bonds is 1. The Morgan fingerprint density at radius 2 is 1.66 bits per heavy atom. The van der Waals surface area contributed by atoms with Crippen LogP contribution in [-0.2, 0) is 6.18 Å². The Hall–Kier alpha value is -3.33. The molecule has 3 heterocycles. The Labute approximate surface area is 186 Å². The molecule has 0 spiro atoms. The van der Waals surface area contributed by atoms with E-state index in [4.69, 9.17) is 21.3 Å². The van der Waals surface area contributed by atoms with Gasteiger partial charge in [-0.15, -0.1) is 0 Å². The number of halogens is 4. The van der Waals surface area contributed by atoms with Gasteiger partial charge in [0.15, 0.2) is 5.75 Å². The highest BCUT2D eigenvalue weighted by Gasteiger charge is 2.34. The number of alkyl halides is 3. The van der Waals surface area contributed by atoms with E-state index in [0.29, 0.717) is 48.4 Å². The summed E-state index contributed by atoms with van der Waals surface area (Å²) in [5, 5.41) is 0.549. The zero-order valence-corrected chi connectivity index (χ0v) is 17.4. The largest absolute Gasteiger partial charge is 0.454 e. The molecule has 32 heavy (non-hydrogen) atoms. The number of aliphatic imine (C=N–C) groups is 1. The van der Waals surface area contributed by atoms with E-state index in [0.717, 1.165) is 23.7 Å². The van der Waals surface area contributed by atoms with Crippen LogP contribution in [0.25, 0.3) is 0 Å². The van der Waals surface area contributed by atoms with Crippen molar-refractivity contribution >= 4 is 29.1 Å². The van der Waals surface area contributed by atoms with Gasteiger partial charge in [0.2, 0.25) is 5.95 Å². The summed E-state index contributed by atoms with van der Waals surface area (Å²) >= 11 is 6.17. The van der Waals surface area contributed by atoms with Crippen LogP contribution in [-0.4, -0.2) is 46.9 Å². The Morgan fingerprint density at radius 3 is 2.44 bits per heavy atom. The van der Waals surface area contributed by atoms with E-state index in [1.54, 1.807) is 23.1 Å². The molecule has 1 aromatic heterocycles. The van der Waals surface area contributed by atoms with Crippen LogP contribution in [0.15, 0.2) is 59.7 Å². The summed E-state index contributed by atoms with van der Waals surface area (Å²) in [6.45, 7) is 1.96. The van der Waals surface area contributed by atoms with Gasteiger partial charge in [0, 0.05) is 37.4 Å². The molecule has 0 unspecified atom stereocenters. The van der Waals surface area contributed by atoms with Gasteiger partial charge in [0.05, 0.1) is 5.56 Å². The van der Waals surface area contributed by atoms with Gasteiger partial charge in [0.25, 0.3) is 0 Å². The predicted octanol–water partition coefficient (Wildman–Crippen LogP) is 5.16. The fourth-order valence-electron chi connectivity index (χ4n) is 3.72.